The molecule has 0 unspecified atom stereocenters. The van der Waals surface area contributed by atoms with E-state index >= 15 is 0 Å². The second-order valence-electron chi connectivity index (χ2n) is 9.49. The van der Waals surface area contributed by atoms with Crippen molar-refractivity contribution in [2.45, 2.75) is 42.4 Å². The Labute approximate surface area is 222 Å². The minimum absolute atomic E-state index is 0.00848. The van der Waals surface area contributed by atoms with E-state index in [0.29, 0.717) is 48.6 Å². The minimum atomic E-state index is -3.62. The SMILES string of the molecule is CCCCN1C(=O)c2cccc3c(NC(=O)C4CCN(S(=O)(=O)c5ccccc5SC)CC4)ccc1c23. The Hall–Kier alpha value is -2.88. The highest BCUT2D eigenvalue weighted by Gasteiger charge is 2.34. The highest BCUT2D eigenvalue weighted by atomic mass is 32.2. The van der Waals surface area contributed by atoms with E-state index in [2.05, 4.69) is 12.2 Å². The van der Waals surface area contributed by atoms with Crippen LogP contribution in [0.15, 0.2) is 64.4 Å². The maximum Gasteiger partial charge on any atom is 0.258 e. The van der Waals surface area contributed by atoms with Crippen LogP contribution in [0.1, 0.15) is 43.0 Å². The molecule has 2 aliphatic rings. The number of hydrogen-bond donors (Lipinski definition) is 1. The molecule has 0 aromatic heterocycles. The first-order valence-electron chi connectivity index (χ1n) is 12.7. The molecule has 1 saturated heterocycles. The number of nitrogens with zero attached hydrogens (tertiary/aromatic N) is 2. The molecule has 1 N–H and O–H groups in total. The summed E-state index contributed by atoms with van der Waals surface area (Å²) in [4.78, 5) is 29.1. The van der Waals surface area contributed by atoms with Gasteiger partial charge in [0, 0.05) is 52.5 Å². The molecule has 0 bridgehead atoms. The molecular weight excluding hydrogens is 506 g/mol. The quantitative estimate of drug-likeness (QED) is 0.391. The predicted molar refractivity (Wildman–Crippen MR) is 149 cm³/mol. The first-order valence-corrected chi connectivity index (χ1v) is 15.3. The Balaban J connectivity index is 1.31. The van der Waals surface area contributed by atoms with Gasteiger partial charge in [-0.2, -0.15) is 4.31 Å². The minimum Gasteiger partial charge on any atom is -0.325 e. The fourth-order valence-corrected chi connectivity index (χ4v) is 7.85. The summed E-state index contributed by atoms with van der Waals surface area (Å²) in [5, 5.41) is 4.81. The van der Waals surface area contributed by atoms with Gasteiger partial charge in [-0.1, -0.05) is 37.6 Å². The zero-order chi connectivity index (χ0) is 26.2. The summed E-state index contributed by atoms with van der Waals surface area (Å²) in [7, 11) is -3.62. The van der Waals surface area contributed by atoms with E-state index in [1.165, 1.54) is 16.1 Å². The van der Waals surface area contributed by atoms with Crippen molar-refractivity contribution in [1.29, 1.82) is 0 Å². The van der Waals surface area contributed by atoms with Crippen molar-refractivity contribution >= 4 is 55.7 Å². The van der Waals surface area contributed by atoms with E-state index in [0.717, 1.165) is 34.2 Å². The van der Waals surface area contributed by atoms with Gasteiger partial charge in [0.05, 0.1) is 10.6 Å². The van der Waals surface area contributed by atoms with E-state index < -0.39 is 10.0 Å². The van der Waals surface area contributed by atoms with Crippen molar-refractivity contribution in [3.05, 3.63) is 60.2 Å². The van der Waals surface area contributed by atoms with Gasteiger partial charge in [-0.15, -0.1) is 11.8 Å². The summed E-state index contributed by atoms with van der Waals surface area (Å²) in [6.07, 6.45) is 4.70. The molecule has 0 atom stereocenters. The van der Waals surface area contributed by atoms with Gasteiger partial charge in [0.1, 0.15) is 0 Å². The molecule has 5 rings (SSSR count). The van der Waals surface area contributed by atoms with Crippen LogP contribution < -0.4 is 10.2 Å². The highest BCUT2D eigenvalue weighted by molar-refractivity contribution is 7.99. The molecule has 3 aromatic carbocycles. The lowest BCUT2D eigenvalue weighted by Crippen LogP contribution is -2.41. The van der Waals surface area contributed by atoms with Crippen molar-refractivity contribution < 1.29 is 18.0 Å². The normalized spacial score (nSPS) is 16.5. The van der Waals surface area contributed by atoms with Crippen LogP contribution in [0.4, 0.5) is 11.4 Å². The summed E-state index contributed by atoms with van der Waals surface area (Å²) in [6.45, 7) is 3.38. The summed E-state index contributed by atoms with van der Waals surface area (Å²) in [5.74, 6) is -0.392. The Bertz CT molecular complexity index is 1460. The van der Waals surface area contributed by atoms with Crippen LogP contribution >= 0.6 is 11.8 Å². The number of sulfonamides is 1. The van der Waals surface area contributed by atoms with Crippen molar-refractivity contribution in [1.82, 2.24) is 4.31 Å². The average Bonchev–Trinajstić information content (AvgIpc) is 3.20. The highest BCUT2D eigenvalue weighted by Crippen LogP contribution is 2.41. The zero-order valence-corrected chi connectivity index (χ0v) is 22.7. The standard InChI is InChI=1S/C28H31N3O4S2/c1-3-4-16-31-23-13-12-22(20-8-7-9-21(26(20)23)28(31)33)29-27(32)19-14-17-30(18-15-19)37(34,35)25-11-6-5-10-24(25)36-2/h5-13,19H,3-4,14-18H2,1-2H3,(H,29,32). The molecule has 0 radical (unpaired) electrons. The third-order valence-corrected chi connectivity index (χ3v) is 10.2. The van der Waals surface area contributed by atoms with Gasteiger partial charge in [0.2, 0.25) is 15.9 Å². The van der Waals surface area contributed by atoms with E-state index in [1.807, 2.05) is 53.6 Å². The molecule has 3 aromatic rings. The third-order valence-electron chi connectivity index (χ3n) is 7.29. The third kappa shape index (κ3) is 4.64. The summed E-state index contributed by atoms with van der Waals surface area (Å²) >= 11 is 1.41. The molecule has 2 amide bonds. The van der Waals surface area contributed by atoms with Gasteiger partial charge in [-0.25, -0.2) is 8.42 Å². The lowest BCUT2D eigenvalue weighted by molar-refractivity contribution is -0.120. The van der Waals surface area contributed by atoms with Crippen LogP contribution in [0.3, 0.4) is 0 Å². The lowest BCUT2D eigenvalue weighted by Gasteiger charge is -2.31. The first kappa shape index (κ1) is 25.8. The number of thioether (sulfide) groups is 1. The maximum atomic E-state index is 13.3. The molecular formula is C28H31N3O4S2. The van der Waals surface area contributed by atoms with Gasteiger partial charge >= 0.3 is 0 Å². The topological polar surface area (TPSA) is 86.8 Å². The van der Waals surface area contributed by atoms with Crippen LogP contribution in [0, 0.1) is 5.92 Å². The summed E-state index contributed by atoms with van der Waals surface area (Å²) < 4.78 is 28.0. The van der Waals surface area contributed by atoms with Gasteiger partial charge in [-0.3, -0.25) is 9.59 Å². The molecule has 1 fully saturated rings. The van der Waals surface area contributed by atoms with Gasteiger partial charge < -0.3 is 10.2 Å². The van der Waals surface area contributed by atoms with Gasteiger partial charge in [0.15, 0.2) is 0 Å². The Kier molecular flexibility index (Phi) is 7.29. The smallest absolute Gasteiger partial charge is 0.258 e. The van der Waals surface area contributed by atoms with E-state index in [4.69, 9.17) is 0 Å². The number of piperidine rings is 1. The Morgan fingerprint density at radius 1 is 1.05 bits per heavy atom. The largest absolute Gasteiger partial charge is 0.325 e. The molecule has 0 saturated carbocycles. The number of hydrogen-bond acceptors (Lipinski definition) is 5. The molecule has 37 heavy (non-hydrogen) atoms. The summed E-state index contributed by atoms with van der Waals surface area (Å²) in [6, 6.07) is 16.5. The van der Waals surface area contributed by atoms with Crippen LogP contribution in [-0.2, 0) is 14.8 Å². The van der Waals surface area contributed by atoms with Gasteiger partial charge in [-0.05, 0) is 55.9 Å². The fourth-order valence-electron chi connectivity index (χ4n) is 5.26. The number of rotatable bonds is 8. The van der Waals surface area contributed by atoms with Crippen molar-refractivity contribution in [2.75, 3.05) is 36.1 Å². The number of nitrogens with one attached hydrogen (secondary N) is 1. The maximum absolute atomic E-state index is 13.3. The number of benzene rings is 3. The summed E-state index contributed by atoms with van der Waals surface area (Å²) in [5.41, 5.74) is 2.24. The van der Waals surface area contributed by atoms with Crippen LogP contribution in [0.2, 0.25) is 0 Å². The van der Waals surface area contributed by atoms with Gasteiger partial charge in [0.25, 0.3) is 5.91 Å². The first-order chi connectivity index (χ1) is 17.9. The Morgan fingerprint density at radius 2 is 1.81 bits per heavy atom. The monoisotopic (exact) mass is 537 g/mol. The zero-order valence-electron chi connectivity index (χ0n) is 21.1. The molecule has 9 heteroatoms. The molecule has 194 valence electrons. The second kappa shape index (κ2) is 10.5. The molecule has 2 aliphatic heterocycles. The number of carbonyl (C=O) groups is 2. The molecule has 2 heterocycles. The predicted octanol–water partition coefficient (Wildman–Crippen LogP) is 5.36. The lowest BCUT2D eigenvalue weighted by atomic mass is 9.96. The van der Waals surface area contributed by atoms with E-state index in [1.54, 1.807) is 12.1 Å². The number of carbonyl (C=O) groups excluding carboxylic acids is 2. The van der Waals surface area contributed by atoms with Crippen molar-refractivity contribution in [3.63, 3.8) is 0 Å². The average molecular weight is 538 g/mol. The number of unbranched alkanes of at least 4 members (excludes halogenated alkanes) is 1. The van der Waals surface area contributed by atoms with E-state index in [9.17, 15) is 18.0 Å². The Morgan fingerprint density at radius 3 is 2.54 bits per heavy atom. The van der Waals surface area contributed by atoms with Crippen molar-refractivity contribution in [3.8, 4) is 0 Å². The van der Waals surface area contributed by atoms with Crippen LogP contribution in [0.5, 0.6) is 0 Å². The number of amides is 2. The fraction of sp³-hybridized carbons (Fsp3) is 0.357. The molecule has 0 aliphatic carbocycles. The molecule has 0 spiro atoms. The second-order valence-corrected chi connectivity index (χ2v) is 12.2. The van der Waals surface area contributed by atoms with Crippen molar-refractivity contribution in [2.24, 2.45) is 5.92 Å². The van der Waals surface area contributed by atoms with E-state index in [-0.39, 0.29) is 17.7 Å². The van der Waals surface area contributed by atoms with Crippen LogP contribution in [0.25, 0.3) is 10.8 Å². The number of anilines is 2. The van der Waals surface area contributed by atoms with Crippen LogP contribution in [-0.4, -0.2) is 50.4 Å². The molecule has 7 nitrogen and oxygen atoms in total.